The minimum Gasteiger partial charge on any atom is -0.326 e. The molecule has 0 spiro atoms. The summed E-state index contributed by atoms with van der Waals surface area (Å²) in [6, 6.07) is 3.41. The molecule has 21 heavy (non-hydrogen) atoms. The lowest BCUT2D eigenvalue weighted by Gasteiger charge is -2.22. The molecule has 0 amide bonds. The summed E-state index contributed by atoms with van der Waals surface area (Å²) in [5.74, 6) is 1.27. The molecule has 1 saturated carbocycles. The van der Waals surface area contributed by atoms with Crippen LogP contribution in [0.5, 0.6) is 0 Å². The summed E-state index contributed by atoms with van der Waals surface area (Å²) in [6.07, 6.45) is 2.46. The lowest BCUT2D eigenvalue weighted by molar-refractivity contribution is 0.308. The number of rotatable bonds is 4. The summed E-state index contributed by atoms with van der Waals surface area (Å²) in [4.78, 5) is 4.64. The normalized spacial score (nSPS) is 18.4. The molecule has 1 aromatic heterocycles. The van der Waals surface area contributed by atoms with Gasteiger partial charge >= 0.3 is 0 Å². The van der Waals surface area contributed by atoms with Gasteiger partial charge in [-0.15, -0.1) is 11.6 Å². The van der Waals surface area contributed by atoms with Gasteiger partial charge in [-0.2, -0.15) is 0 Å². The van der Waals surface area contributed by atoms with E-state index in [2.05, 4.69) is 23.4 Å². The van der Waals surface area contributed by atoms with Crippen LogP contribution in [0.25, 0.3) is 11.0 Å². The smallest absolute Gasteiger partial charge is 0.138 e. The monoisotopic (exact) mass is 420 g/mol. The second-order valence-corrected chi connectivity index (χ2v) is 8.26. The fraction of sp³-hybridized carbons (Fsp3) is 0.562. The molecule has 0 N–H and O–H groups in total. The van der Waals surface area contributed by atoms with Crippen molar-refractivity contribution in [1.82, 2.24) is 9.55 Å². The number of hydrogen-bond donors (Lipinski definition) is 0. The van der Waals surface area contributed by atoms with Gasteiger partial charge < -0.3 is 4.57 Å². The van der Waals surface area contributed by atoms with E-state index in [1.165, 1.54) is 12.8 Å². The van der Waals surface area contributed by atoms with Crippen molar-refractivity contribution in [3.05, 3.63) is 27.3 Å². The number of nitrogens with zero attached hydrogens (tertiary/aromatic N) is 2. The maximum Gasteiger partial charge on any atom is 0.138 e. The SMILES string of the molecule is CC(Cl)c1nc2cc(I)c(F)cc2n1CC1(C(C)C)CC1. The van der Waals surface area contributed by atoms with Crippen LogP contribution < -0.4 is 0 Å². The molecule has 1 aliphatic rings. The highest BCUT2D eigenvalue weighted by molar-refractivity contribution is 14.1. The zero-order valence-electron chi connectivity index (χ0n) is 12.5. The lowest BCUT2D eigenvalue weighted by Crippen LogP contribution is -2.19. The zero-order chi connectivity index (χ0) is 15.4. The Morgan fingerprint density at radius 3 is 2.57 bits per heavy atom. The lowest BCUT2D eigenvalue weighted by atomic mass is 9.92. The predicted molar refractivity (Wildman–Crippen MR) is 93.2 cm³/mol. The molecule has 0 radical (unpaired) electrons. The van der Waals surface area contributed by atoms with Crippen LogP contribution in [0.2, 0.25) is 0 Å². The highest BCUT2D eigenvalue weighted by Gasteiger charge is 2.46. The number of alkyl halides is 1. The molecule has 1 unspecified atom stereocenters. The van der Waals surface area contributed by atoms with Crippen LogP contribution in [0.3, 0.4) is 0 Å². The number of fused-ring (bicyclic) bond motifs is 1. The van der Waals surface area contributed by atoms with Gasteiger partial charge in [0.15, 0.2) is 0 Å². The Labute approximate surface area is 143 Å². The highest BCUT2D eigenvalue weighted by atomic mass is 127. The molecule has 0 saturated heterocycles. The number of imidazole rings is 1. The predicted octanol–water partition coefficient (Wildman–Crippen LogP) is 5.52. The molecule has 1 fully saturated rings. The van der Waals surface area contributed by atoms with E-state index in [1.54, 1.807) is 12.1 Å². The Bertz CT molecular complexity index is 689. The molecule has 0 bridgehead atoms. The fourth-order valence-electron chi connectivity index (χ4n) is 3.00. The van der Waals surface area contributed by atoms with Gasteiger partial charge in [-0.25, -0.2) is 9.37 Å². The first kappa shape index (κ1) is 15.5. The van der Waals surface area contributed by atoms with Gasteiger partial charge in [0.2, 0.25) is 0 Å². The molecule has 3 rings (SSSR count). The summed E-state index contributed by atoms with van der Waals surface area (Å²) >= 11 is 8.31. The Morgan fingerprint density at radius 2 is 2.05 bits per heavy atom. The Morgan fingerprint density at radius 1 is 1.38 bits per heavy atom. The number of hydrogen-bond acceptors (Lipinski definition) is 1. The van der Waals surface area contributed by atoms with E-state index in [1.807, 2.05) is 29.5 Å². The van der Waals surface area contributed by atoms with Crippen molar-refractivity contribution in [3.63, 3.8) is 0 Å². The molecular weight excluding hydrogens is 402 g/mol. The van der Waals surface area contributed by atoms with Crippen molar-refractivity contribution in [3.8, 4) is 0 Å². The summed E-state index contributed by atoms with van der Waals surface area (Å²) in [7, 11) is 0. The summed E-state index contributed by atoms with van der Waals surface area (Å²) in [5, 5.41) is -0.180. The Kier molecular flexibility index (Phi) is 3.97. The molecule has 0 aliphatic heterocycles. The molecule has 2 aromatic rings. The summed E-state index contributed by atoms with van der Waals surface area (Å²) < 4.78 is 16.7. The topological polar surface area (TPSA) is 17.8 Å². The second kappa shape index (κ2) is 5.37. The van der Waals surface area contributed by atoms with Crippen LogP contribution in [0.15, 0.2) is 12.1 Å². The average molecular weight is 421 g/mol. The molecule has 1 aromatic carbocycles. The molecular formula is C16H19ClFIN2. The van der Waals surface area contributed by atoms with Crippen molar-refractivity contribution in [2.45, 2.75) is 45.5 Å². The first-order chi connectivity index (χ1) is 9.84. The van der Waals surface area contributed by atoms with E-state index in [0.29, 0.717) is 14.9 Å². The van der Waals surface area contributed by atoms with Crippen molar-refractivity contribution in [1.29, 1.82) is 0 Å². The van der Waals surface area contributed by atoms with Crippen LogP contribution >= 0.6 is 34.2 Å². The zero-order valence-corrected chi connectivity index (χ0v) is 15.4. The summed E-state index contributed by atoms with van der Waals surface area (Å²) in [6.45, 7) is 7.34. The third-order valence-corrected chi connectivity index (χ3v) is 5.79. The molecule has 5 heteroatoms. The summed E-state index contributed by atoms with van der Waals surface area (Å²) in [5.41, 5.74) is 2.03. The van der Waals surface area contributed by atoms with Gasteiger partial charge in [0.1, 0.15) is 11.6 Å². The minimum atomic E-state index is -0.188. The highest BCUT2D eigenvalue weighted by Crippen LogP contribution is 2.53. The van der Waals surface area contributed by atoms with E-state index >= 15 is 0 Å². The number of aromatic nitrogens is 2. The number of benzene rings is 1. The van der Waals surface area contributed by atoms with E-state index in [-0.39, 0.29) is 11.2 Å². The quantitative estimate of drug-likeness (QED) is 0.471. The third-order valence-electron chi connectivity index (χ3n) is 4.77. The van der Waals surface area contributed by atoms with Crippen LogP contribution in [-0.4, -0.2) is 9.55 Å². The maximum atomic E-state index is 14.0. The van der Waals surface area contributed by atoms with E-state index < -0.39 is 0 Å². The third kappa shape index (κ3) is 2.69. The van der Waals surface area contributed by atoms with Crippen LogP contribution in [0.1, 0.15) is 44.8 Å². The van der Waals surface area contributed by atoms with E-state index in [4.69, 9.17) is 11.6 Å². The second-order valence-electron chi connectivity index (χ2n) is 6.44. The first-order valence-corrected chi connectivity index (χ1v) is 8.85. The molecule has 1 heterocycles. The van der Waals surface area contributed by atoms with Crippen molar-refractivity contribution < 1.29 is 4.39 Å². The Hall–Kier alpha value is -0.360. The van der Waals surface area contributed by atoms with Crippen LogP contribution in [0.4, 0.5) is 4.39 Å². The van der Waals surface area contributed by atoms with Crippen molar-refractivity contribution >= 4 is 45.2 Å². The van der Waals surface area contributed by atoms with Gasteiger partial charge in [0, 0.05) is 12.6 Å². The molecule has 114 valence electrons. The average Bonchev–Trinajstić information content (AvgIpc) is 3.11. The molecule has 1 aliphatic carbocycles. The largest absolute Gasteiger partial charge is 0.326 e. The van der Waals surface area contributed by atoms with Gasteiger partial charge in [0.05, 0.1) is 20.0 Å². The van der Waals surface area contributed by atoms with Gasteiger partial charge in [-0.05, 0) is 59.8 Å². The van der Waals surface area contributed by atoms with E-state index in [0.717, 1.165) is 23.4 Å². The van der Waals surface area contributed by atoms with E-state index in [9.17, 15) is 4.39 Å². The van der Waals surface area contributed by atoms with Crippen molar-refractivity contribution in [2.75, 3.05) is 0 Å². The Balaban J connectivity index is 2.14. The standard InChI is InChI=1S/C16H19ClFIN2/c1-9(2)16(4-5-16)8-21-14-6-11(18)12(19)7-13(14)20-15(21)10(3)17/h6-7,9-10H,4-5,8H2,1-3H3. The minimum absolute atomic E-state index is 0.180. The van der Waals surface area contributed by atoms with Gasteiger partial charge in [-0.3, -0.25) is 0 Å². The van der Waals surface area contributed by atoms with Gasteiger partial charge in [-0.1, -0.05) is 13.8 Å². The molecule has 1 atom stereocenters. The van der Waals surface area contributed by atoms with Gasteiger partial charge in [0.25, 0.3) is 0 Å². The van der Waals surface area contributed by atoms with Crippen LogP contribution in [0, 0.1) is 20.7 Å². The van der Waals surface area contributed by atoms with Crippen molar-refractivity contribution in [2.24, 2.45) is 11.3 Å². The number of halogens is 3. The first-order valence-electron chi connectivity index (χ1n) is 7.33. The molecule has 2 nitrogen and oxygen atoms in total. The fourth-order valence-corrected chi connectivity index (χ4v) is 3.62. The maximum absolute atomic E-state index is 14.0. The van der Waals surface area contributed by atoms with Crippen LogP contribution in [-0.2, 0) is 6.54 Å².